The van der Waals surface area contributed by atoms with E-state index < -0.39 is 0 Å². The van der Waals surface area contributed by atoms with Crippen LogP contribution in [-0.4, -0.2) is 16.9 Å². The Morgan fingerprint density at radius 2 is 2.29 bits per heavy atom. The maximum Gasteiger partial charge on any atom is 0.348 e. The molecule has 1 amide bonds. The molecule has 0 aliphatic heterocycles. The van der Waals surface area contributed by atoms with Crippen LogP contribution in [0.3, 0.4) is 0 Å². The fourth-order valence-electron chi connectivity index (χ4n) is 2.22. The number of thiophene rings is 1. The number of rotatable bonds is 4. The molecule has 5 nitrogen and oxygen atoms in total. The van der Waals surface area contributed by atoms with Crippen molar-refractivity contribution in [1.82, 2.24) is 4.98 Å². The third kappa shape index (κ3) is 3.30. The number of aryl methyl sites for hydroxylation is 2. The van der Waals surface area contributed by atoms with Gasteiger partial charge in [0.05, 0.1) is 5.69 Å². The van der Waals surface area contributed by atoms with E-state index in [1.165, 1.54) is 46.5 Å². The first kappa shape index (κ1) is 14.2. The zero-order valence-corrected chi connectivity index (χ0v) is 13.1. The molecule has 110 valence electrons. The minimum Gasteiger partial charge on any atom is -0.455 e. The van der Waals surface area contributed by atoms with Gasteiger partial charge in [-0.2, -0.15) is 0 Å². The van der Waals surface area contributed by atoms with Crippen LogP contribution in [0.1, 0.15) is 39.2 Å². The zero-order valence-electron chi connectivity index (χ0n) is 11.5. The summed E-state index contributed by atoms with van der Waals surface area (Å²) in [6.07, 6.45) is 3.31. The molecule has 21 heavy (non-hydrogen) atoms. The van der Waals surface area contributed by atoms with E-state index in [1.807, 2.05) is 6.07 Å². The molecule has 0 radical (unpaired) electrons. The number of ether oxygens (including phenoxy) is 1. The highest BCUT2D eigenvalue weighted by Crippen LogP contribution is 2.31. The van der Waals surface area contributed by atoms with Crippen molar-refractivity contribution < 1.29 is 14.3 Å². The Labute approximate surface area is 130 Å². The Kier molecular flexibility index (Phi) is 4.03. The highest BCUT2D eigenvalue weighted by atomic mass is 32.1. The van der Waals surface area contributed by atoms with Gasteiger partial charge in [-0.25, -0.2) is 9.78 Å². The number of hydrogen-bond acceptors (Lipinski definition) is 6. The van der Waals surface area contributed by atoms with Gasteiger partial charge in [0.15, 0.2) is 5.13 Å². The molecule has 1 aliphatic rings. The second-order valence-electron chi connectivity index (χ2n) is 4.81. The molecule has 1 N–H and O–H groups in total. The second-order valence-corrected chi connectivity index (χ2v) is 6.81. The summed E-state index contributed by atoms with van der Waals surface area (Å²) >= 11 is 2.84. The molecule has 0 saturated carbocycles. The van der Waals surface area contributed by atoms with E-state index in [2.05, 4.69) is 10.3 Å². The van der Waals surface area contributed by atoms with Crippen LogP contribution >= 0.6 is 22.7 Å². The highest BCUT2D eigenvalue weighted by Gasteiger charge is 2.19. The van der Waals surface area contributed by atoms with Gasteiger partial charge in [-0.05, 0) is 30.9 Å². The van der Waals surface area contributed by atoms with Crippen molar-refractivity contribution in [2.24, 2.45) is 0 Å². The van der Waals surface area contributed by atoms with Gasteiger partial charge < -0.3 is 10.1 Å². The zero-order chi connectivity index (χ0) is 14.8. The number of hydrogen-bond donors (Lipinski definition) is 1. The molecule has 0 bridgehead atoms. The van der Waals surface area contributed by atoms with Crippen molar-refractivity contribution in [3.05, 3.63) is 32.5 Å². The Morgan fingerprint density at radius 3 is 3.05 bits per heavy atom. The summed E-state index contributed by atoms with van der Waals surface area (Å²) in [6.45, 7) is 1.55. The third-order valence-corrected chi connectivity index (χ3v) is 5.16. The number of thiazole rings is 1. The number of aromatic nitrogens is 1. The molecule has 2 aromatic heterocycles. The molecular formula is C14H14N2O3S2. The maximum absolute atomic E-state index is 12.0. The number of amides is 1. The van der Waals surface area contributed by atoms with Crippen molar-refractivity contribution in [1.29, 1.82) is 0 Å². The van der Waals surface area contributed by atoms with Crippen LogP contribution < -0.4 is 5.32 Å². The number of nitrogens with zero attached hydrogens (tertiary/aromatic N) is 1. The number of carbonyl (C=O) groups is 2. The second kappa shape index (κ2) is 5.95. The third-order valence-electron chi connectivity index (χ3n) is 3.13. The normalized spacial score (nSPS) is 13.0. The monoisotopic (exact) mass is 322 g/mol. The Balaban J connectivity index is 1.57. The quantitative estimate of drug-likeness (QED) is 0.879. The minimum atomic E-state index is -0.302. The van der Waals surface area contributed by atoms with Crippen LogP contribution in [0.2, 0.25) is 0 Å². The lowest BCUT2D eigenvalue weighted by atomic mass is 10.2. The topological polar surface area (TPSA) is 68.3 Å². The summed E-state index contributed by atoms with van der Waals surface area (Å²) in [4.78, 5) is 29.1. The van der Waals surface area contributed by atoms with Gasteiger partial charge in [-0.3, -0.25) is 4.79 Å². The van der Waals surface area contributed by atoms with Crippen molar-refractivity contribution in [2.45, 2.75) is 32.8 Å². The largest absolute Gasteiger partial charge is 0.455 e. The van der Waals surface area contributed by atoms with E-state index in [-0.39, 0.29) is 18.5 Å². The molecule has 7 heteroatoms. The average molecular weight is 322 g/mol. The first-order valence-corrected chi connectivity index (χ1v) is 8.32. The van der Waals surface area contributed by atoms with Crippen LogP contribution in [0, 0.1) is 0 Å². The van der Waals surface area contributed by atoms with E-state index in [4.69, 9.17) is 4.74 Å². The lowest BCUT2D eigenvalue weighted by molar-refractivity contribution is -0.114. The number of nitrogens with one attached hydrogen (secondary N) is 1. The molecule has 0 atom stereocenters. The van der Waals surface area contributed by atoms with E-state index in [0.29, 0.717) is 15.7 Å². The predicted molar refractivity (Wildman–Crippen MR) is 81.9 cm³/mol. The van der Waals surface area contributed by atoms with Crippen LogP contribution in [0.25, 0.3) is 0 Å². The predicted octanol–water partition coefficient (Wildman–Crippen LogP) is 3.01. The Bertz CT molecular complexity index is 669. The standard InChI is InChI=1S/C14H14N2O3S2/c1-8(17)15-14-16-10(7-20-14)6-19-13(18)12-5-9-3-2-4-11(9)21-12/h5,7H,2-4,6H2,1H3,(H,15,16,17). The van der Waals surface area contributed by atoms with Gasteiger partial charge in [0.25, 0.3) is 0 Å². The molecule has 0 fully saturated rings. The van der Waals surface area contributed by atoms with Gasteiger partial charge in [0.2, 0.25) is 5.91 Å². The number of esters is 1. The van der Waals surface area contributed by atoms with Gasteiger partial charge in [0.1, 0.15) is 11.5 Å². The van der Waals surface area contributed by atoms with Gasteiger partial charge >= 0.3 is 5.97 Å². The average Bonchev–Trinajstić information content (AvgIpc) is 3.09. The summed E-state index contributed by atoms with van der Waals surface area (Å²) in [5, 5.41) is 4.89. The van der Waals surface area contributed by atoms with Crippen molar-refractivity contribution in [3.8, 4) is 0 Å². The summed E-state index contributed by atoms with van der Waals surface area (Å²) < 4.78 is 5.27. The Hall–Kier alpha value is -1.73. The molecule has 1 aliphatic carbocycles. The summed E-state index contributed by atoms with van der Waals surface area (Å²) in [5.41, 5.74) is 1.93. The van der Waals surface area contributed by atoms with Crippen molar-refractivity contribution in [3.63, 3.8) is 0 Å². The van der Waals surface area contributed by atoms with Gasteiger partial charge in [-0.15, -0.1) is 22.7 Å². The number of anilines is 1. The molecule has 0 aromatic carbocycles. The molecular weight excluding hydrogens is 308 g/mol. The Morgan fingerprint density at radius 1 is 1.43 bits per heavy atom. The fraction of sp³-hybridized carbons (Fsp3) is 0.357. The molecule has 0 saturated heterocycles. The lowest BCUT2D eigenvalue weighted by Crippen LogP contribution is -2.06. The molecule has 0 unspecified atom stereocenters. The molecule has 2 heterocycles. The molecule has 3 rings (SSSR count). The number of fused-ring (bicyclic) bond motifs is 1. The van der Waals surface area contributed by atoms with Crippen LogP contribution in [0.15, 0.2) is 11.4 Å². The van der Waals surface area contributed by atoms with Gasteiger partial charge in [-0.1, -0.05) is 0 Å². The van der Waals surface area contributed by atoms with E-state index in [1.54, 1.807) is 5.38 Å². The summed E-state index contributed by atoms with van der Waals surface area (Å²) in [7, 11) is 0. The fourth-order valence-corrected chi connectivity index (χ4v) is 4.11. The maximum atomic E-state index is 12.0. The lowest BCUT2D eigenvalue weighted by Gasteiger charge is -2.00. The SMILES string of the molecule is CC(=O)Nc1nc(COC(=O)c2cc3c(s2)CCC3)cs1. The van der Waals surface area contributed by atoms with Gasteiger partial charge in [0, 0.05) is 17.2 Å². The summed E-state index contributed by atoms with van der Waals surface area (Å²) in [5.74, 6) is -0.468. The van der Waals surface area contributed by atoms with Crippen LogP contribution in [0.4, 0.5) is 5.13 Å². The molecule has 0 spiro atoms. The molecule has 2 aromatic rings. The van der Waals surface area contributed by atoms with Crippen LogP contribution in [0.5, 0.6) is 0 Å². The van der Waals surface area contributed by atoms with E-state index >= 15 is 0 Å². The highest BCUT2D eigenvalue weighted by molar-refractivity contribution is 7.14. The smallest absolute Gasteiger partial charge is 0.348 e. The first-order chi connectivity index (χ1) is 10.1. The van der Waals surface area contributed by atoms with E-state index in [9.17, 15) is 9.59 Å². The van der Waals surface area contributed by atoms with Crippen molar-refractivity contribution in [2.75, 3.05) is 5.32 Å². The van der Waals surface area contributed by atoms with Crippen molar-refractivity contribution >= 4 is 39.7 Å². The summed E-state index contributed by atoms with van der Waals surface area (Å²) in [6, 6.07) is 1.94. The minimum absolute atomic E-state index is 0.123. The van der Waals surface area contributed by atoms with Crippen LogP contribution in [-0.2, 0) is 29.0 Å². The number of carbonyl (C=O) groups excluding carboxylic acids is 2. The van der Waals surface area contributed by atoms with E-state index in [0.717, 1.165) is 12.8 Å². The first-order valence-electron chi connectivity index (χ1n) is 6.62.